The first-order chi connectivity index (χ1) is 17.0. The van der Waals surface area contributed by atoms with E-state index in [4.69, 9.17) is 11.6 Å². The number of aromatic nitrogens is 3. The predicted octanol–water partition coefficient (Wildman–Crippen LogP) is 4.53. The maximum Gasteiger partial charge on any atom is 0.252 e. The number of amides is 2. The molecule has 1 N–H and O–H groups in total. The van der Waals surface area contributed by atoms with Crippen molar-refractivity contribution in [2.75, 3.05) is 6.54 Å². The number of benzene rings is 2. The summed E-state index contributed by atoms with van der Waals surface area (Å²) in [6, 6.07) is 11.1. The lowest BCUT2D eigenvalue weighted by Crippen LogP contribution is -2.35. The van der Waals surface area contributed by atoms with Crippen molar-refractivity contribution < 1.29 is 14.0 Å². The van der Waals surface area contributed by atoms with Crippen molar-refractivity contribution in [3.05, 3.63) is 88.1 Å². The number of hydrogen-bond acceptors (Lipinski definition) is 4. The zero-order chi connectivity index (χ0) is 24.1. The molecule has 6 rings (SSSR count). The Kier molecular flexibility index (Phi) is 5.25. The number of pyridine rings is 1. The minimum absolute atomic E-state index is 0.0945. The molecule has 2 amide bonds. The van der Waals surface area contributed by atoms with E-state index in [2.05, 4.69) is 15.4 Å². The number of nitrogens with zero attached hydrogens (tertiary/aromatic N) is 4. The fraction of sp³-hybridized carbons (Fsp3) is 0.231. The molecule has 0 radical (unpaired) electrons. The van der Waals surface area contributed by atoms with Crippen LogP contribution in [0.1, 0.15) is 52.4 Å². The quantitative estimate of drug-likeness (QED) is 0.456. The summed E-state index contributed by atoms with van der Waals surface area (Å²) in [5.74, 6) is -0.602. The van der Waals surface area contributed by atoms with Gasteiger partial charge in [-0.15, -0.1) is 0 Å². The standard InChI is InChI=1S/C26H21ClFN5O2/c27-21-6-5-18(28)11-19(21)25-24-17(12-32-8-2-1-3-23(32)34)9-16(10-20(24)26(35)31-25)15-4-7-22-29-14-30-33(22)13-15/h4-7,9-11,13-14,25H,1-3,8,12H2,(H,31,35). The molecule has 4 aromatic rings. The third kappa shape index (κ3) is 3.83. The van der Waals surface area contributed by atoms with Crippen LogP contribution in [0.25, 0.3) is 16.8 Å². The number of rotatable bonds is 4. The number of fused-ring (bicyclic) bond motifs is 2. The minimum Gasteiger partial charge on any atom is -0.341 e. The van der Waals surface area contributed by atoms with Crippen molar-refractivity contribution in [1.82, 2.24) is 24.8 Å². The Morgan fingerprint density at radius 3 is 2.83 bits per heavy atom. The summed E-state index contributed by atoms with van der Waals surface area (Å²) in [6.45, 7) is 1.02. The molecule has 4 heterocycles. The van der Waals surface area contributed by atoms with Crippen LogP contribution in [0.4, 0.5) is 4.39 Å². The number of likely N-dealkylation sites (tertiary alicyclic amines) is 1. The average molecular weight is 490 g/mol. The highest BCUT2D eigenvalue weighted by Crippen LogP contribution is 2.40. The molecule has 9 heteroatoms. The Morgan fingerprint density at radius 1 is 1.09 bits per heavy atom. The van der Waals surface area contributed by atoms with Gasteiger partial charge in [-0.3, -0.25) is 9.59 Å². The van der Waals surface area contributed by atoms with Crippen LogP contribution in [0.5, 0.6) is 0 Å². The normalized spacial score (nSPS) is 17.7. The summed E-state index contributed by atoms with van der Waals surface area (Å²) in [5, 5.41) is 7.55. The molecule has 0 aliphatic carbocycles. The average Bonchev–Trinajstić information content (AvgIpc) is 3.46. The second-order valence-electron chi connectivity index (χ2n) is 8.92. The molecular formula is C26H21ClFN5O2. The summed E-state index contributed by atoms with van der Waals surface area (Å²) in [6.07, 6.45) is 5.67. The van der Waals surface area contributed by atoms with E-state index in [1.165, 1.54) is 24.5 Å². The maximum absolute atomic E-state index is 14.1. The van der Waals surface area contributed by atoms with Crippen molar-refractivity contribution in [1.29, 1.82) is 0 Å². The SMILES string of the molecule is O=C1NC(c2cc(F)ccc2Cl)c2c(CN3CCCCC3=O)cc(-c3ccc4ncnn4c3)cc21. The lowest BCUT2D eigenvalue weighted by atomic mass is 9.89. The second-order valence-corrected chi connectivity index (χ2v) is 9.33. The number of piperidine rings is 1. The molecule has 1 fully saturated rings. The first-order valence-corrected chi connectivity index (χ1v) is 11.9. The third-order valence-electron chi connectivity index (χ3n) is 6.73. The minimum atomic E-state index is -0.609. The van der Waals surface area contributed by atoms with Gasteiger partial charge in [-0.2, -0.15) is 5.10 Å². The Labute approximate surface area is 205 Å². The number of carbonyl (C=O) groups is 2. The topological polar surface area (TPSA) is 79.6 Å². The molecule has 1 unspecified atom stereocenters. The van der Waals surface area contributed by atoms with Gasteiger partial charge in [0.25, 0.3) is 5.91 Å². The van der Waals surface area contributed by atoms with Crippen molar-refractivity contribution >= 4 is 29.1 Å². The molecule has 2 aromatic heterocycles. The van der Waals surface area contributed by atoms with E-state index in [9.17, 15) is 14.0 Å². The predicted molar refractivity (Wildman–Crippen MR) is 128 cm³/mol. The van der Waals surface area contributed by atoms with E-state index in [1.807, 2.05) is 35.4 Å². The molecule has 0 spiro atoms. The zero-order valence-electron chi connectivity index (χ0n) is 18.7. The number of halogens is 2. The first-order valence-electron chi connectivity index (χ1n) is 11.5. The summed E-state index contributed by atoms with van der Waals surface area (Å²) in [4.78, 5) is 31.8. The zero-order valence-corrected chi connectivity index (χ0v) is 19.4. The highest BCUT2D eigenvalue weighted by atomic mass is 35.5. The largest absolute Gasteiger partial charge is 0.341 e. The van der Waals surface area contributed by atoms with Crippen LogP contribution in [0.15, 0.2) is 55.0 Å². The van der Waals surface area contributed by atoms with Crippen molar-refractivity contribution in [3.8, 4) is 11.1 Å². The molecular weight excluding hydrogens is 469 g/mol. The molecule has 1 saturated heterocycles. The van der Waals surface area contributed by atoms with E-state index in [0.717, 1.165) is 35.1 Å². The van der Waals surface area contributed by atoms with Gasteiger partial charge in [0, 0.05) is 47.4 Å². The third-order valence-corrected chi connectivity index (χ3v) is 7.08. The summed E-state index contributed by atoms with van der Waals surface area (Å²) >= 11 is 6.43. The van der Waals surface area contributed by atoms with E-state index in [-0.39, 0.29) is 11.8 Å². The number of nitrogens with one attached hydrogen (secondary N) is 1. The van der Waals surface area contributed by atoms with Crippen LogP contribution in [0, 0.1) is 5.82 Å². The Balaban J connectivity index is 1.52. The van der Waals surface area contributed by atoms with Crippen LogP contribution >= 0.6 is 11.6 Å². The molecule has 2 aliphatic rings. The number of hydrogen-bond donors (Lipinski definition) is 1. The van der Waals surface area contributed by atoms with Crippen LogP contribution in [-0.4, -0.2) is 37.9 Å². The van der Waals surface area contributed by atoms with E-state index < -0.39 is 11.9 Å². The van der Waals surface area contributed by atoms with Crippen LogP contribution in [0.2, 0.25) is 5.02 Å². The van der Waals surface area contributed by atoms with E-state index >= 15 is 0 Å². The first kappa shape index (κ1) is 21.7. The van der Waals surface area contributed by atoms with Crippen molar-refractivity contribution in [2.45, 2.75) is 31.8 Å². The molecule has 0 saturated carbocycles. The Morgan fingerprint density at radius 2 is 1.97 bits per heavy atom. The second kappa shape index (κ2) is 8.46. The van der Waals surface area contributed by atoms with Crippen molar-refractivity contribution in [3.63, 3.8) is 0 Å². The Bertz CT molecular complexity index is 1500. The number of carbonyl (C=O) groups excluding carboxylic acids is 2. The lowest BCUT2D eigenvalue weighted by molar-refractivity contribution is -0.133. The van der Waals surface area contributed by atoms with Gasteiger partial charge in [-0.05, 0) is 72.0 Å². The van der Waals surface area contributed by atoms with Gasteiger partial charge in [0.15, 0.2) is 5.65 Å². The van der Waals surface area contributed by atoms with Gasteiger partial charge in [-0.25, -0.2) is 13.9 Å². The molecule has 1 atom stereocenters. The molecule has 7 nitrogen and oxygen atoms in total. The van der Waals surface area contributed by atoms with Crippen LogP contribution < -0.4 is 5.32 Å². The molecule has 176 valence electrons. The van der Waals surface area contributed by atoms with E-state index in [0.29, 0.717) is 41.3 Å². The monoisotopic (exact) mass is 489 g/mol. The van der Waals surface area contributed by atoms with Gasteiger partial charge in [0.1, 0.15) is 12.1 Å². The summed E-state index contributed by atoms with van der Waals surface area (Å²) in [7, 11) is 0. The van der Waals surface area contributed by atoms with Crippen LogP contribution in [0.3, 0.4) is 0 Å². The highest BCUT2D eigenvalue weighted by molar-refractivity contribution is 6.31. The molecule has 0 bridgehead atoms. The van der Waals surface area contributed by atoms with Crippen LogP contribution in [-0.2, 0) is 11.3 Å². The van der Waals surface area contributed by atoms with Crippen molar-refractivity contribution in [2.24, 2.45) is 0 Å². The smallest absolute Gasteiger partial charge is 0.252 e. The van der Waals surface area contributed by atoms with Gasteiger partial charge in [0.2, 0.25) is 5.91 Å². The molecule has 2 aromatic carbocycles. The van der Waals surface area contributed by atoms with Gasteiger partial charge in [0.05, 0.1) is 6.04 Å². The fourth-order valence-electron chi connectivity index (χ4n) is 5.01. The highest BCUT2D eigenvalue weighted by Gasteiger charge is 2.35. The molecule has 2 aliphatic heterocycles. The lowest BCUT2D eigenvalue weighted by Gasteiger charge is -2.28. The van der Waals surface area contributed by atoms with E-state index in [1.54, 1.807) is 4.52 Å². The fourth-order valence-corrected chi connectivity index (χ4v) is 5.24. The van der Waals surface area contributed by atoms with Gasteiger partial charge in [-0.1, -0.05) is 11.6 Å². The maximum atomic E-state index is 14.1. The summed E-state index contributed by atoms with van der Waals surface area (Å²) < 4.78 is 15.8. The Hall–Kier alpha value is -3.78. The summed E-state index contributed by atoms with van der Waals surface area (Å²) in [5.41, 5.74) is 4.93. The molecule has 35 heavy (non-hydrogen) atoms. The van der Waals surface area contributed by atoms with Gasteiger partial charge >= 0.3 is 0 Å². The van der Waals surface area contributed by atoms with Gasteiger partial charge < -0.3 is 10.2 Å².